The first-order valence-electron chi connectivity index (χ1n) is 20.2. The number of unbranched alkanes of at least 4 members (excludes halogenated alkanes) is 20. The van der Waals surface area contributed by atoms with Crippen LogP contribution < -0.4 is 5.73 Å². The van der Waals surface area contributed by atoms with Crippen molar-refractivity contribution >= 4 is 13.8 Å². The zero-order chi connectivity index (χ0) is 36.6. The molecule has 9 heteroatoms. The molecular weight excluding hydrogens is 649 g/mol. The number of carbonyl (C=O) groups is 1. The second-order valence-electron chi connectivity index (χ2n) is 13.3. The maximum Gasteiger partial charge on any atom is 0.472 e. The predicted octanol–water partition coefficient (Wildman–Crippen LogP) is 11.4. The molecule has 0 rings (SSSR count). The van der Waals surface area contributed by atoms with Gasteiger partial charge in [0.05, 0.1) is 13.2 Å². The molecular formula is C41H76NO7P. The number of hydrogen-bond donors (Lipinski definition) is 3. The smallest absolute Gasteiger partial charge is 0.463 e. The fourth-order valence-electron chi connectivity index (χ4n) is 5.51. The van der Waals surface area contributed by atoms with Crippen molar-refractivity contribution in [1.82, 2.24) is 0 Å². The van der Waals surface area contributed by atoms with Gasteiger partial charge >= 0.3 is 13.8 Å². The van der Waals surface area contributed by atoms with Crippen LogP contribution in [0.4, 0.5) is 0 Å². The van der Waals surface area contributed by atoms with Gasteiger partial charge in [0.1, 0.15) is 12.7 Å². The van der Waals surface area contributed by atoms with Crippen molar-refractivity contribution in [3.63, 3.8) is 0 Å². The van der Waals surface area contributed by atoms with E-state index in [0.29, 0.717) is 6.42 Å². The lowest BCUT2D eigenvalue weighted by molar-refractivity contribution is -0.147. The van der Waals surface area contributed by atoms with E-state index in [2.05, 4.69) is 64.6 Å². The van der Waals surface area contributed by atoms with Gasteiger partial charge in [-0.1, -0.05) is 171 Å². The molecule has 0 fully saturated rings. The Morgan fingerprint density at radius 2 is 1.00 bits per heavy atom. The third-order valence-corrected chi connectivity index (χ3v) is 9.44. The molecule has 0 amide bonds. The predicted molar refractivity (Wildman–Crippen MR) is 210 cm³/mol. The number of hydrogen-bond acceptors (Lipinski definition) is 7. The van der Waals surface area contributed by atoms with E-state index in [1.807, 2.05) is 0 Å². The molecule has 4 N–H and O–H groups in total. The van der Waals surface area contributed by atoms with Crippen LogP contribution in [-0.4, -0.2) is 48.4 Å². The Balaban J connectivity index is 3.31. The number of rotatable bonds is 38. The summed E-state index contributed by atoms with van der Waals surface area (Å²) >= 11 is 0. The van der Waals surface area contributed by atoms with Crippen molar-refractivity contribution in [2.75, 3.05) is 26.4 Å². The normalized spacial score (nSPS) is 14.1. The van der Waals surface area contributed by atoms with E-state index in [4.69, 9.17) is 10.5 Å². The van der Waals surface area contributed by atoms with Crippen LogP contribution in [0.2, 0.25) is 0 Å². The standard InChI is InChI=1S/C41H76NO7P/c1-2-3-4-5-6-7-8-9-10-11-12-13-14-15-16-17-18-19-20-21-22-23-24-25-26-27-28-29-30-31-32-33-34-35-41(44)47-38-40(43)39-49-50(45,46)48-37-36-42/h3-4,6-7,9-10,12-13,40,43H,2,5,8,11,14-39,42H2,1H3,(H,45,46)/b4-3-,7-6-,10-9-,13-12-. The third-order valence-electron chi connectivity index (χ3n) is 8.46. The summed E-state index contributed by atoms with van der Waals surface area (Å²) in [4.78, 5) is 21.2. The SMILES string of the molecule is CC/C=C\C/C=C\C/C=C\C/C=C\CCCCCCCCCCCCCCCCCCCCCCC(=O)OCC(O)COP(=O)(O)OCCN. The number of esters is 1. The average molecular weight is 726 g/mol. The second kappa shape index (κ2) is 38.7. The lowest BCUT2D eigenvalue weighted by Gasteiger charge is -2.15. The van der Waals surface area contributed by atoms with Crippen LogP contribution in [0.25, 0.3) is 0 Å². The van der Waals surface area contributed by atoms with Crippen LogP contribution >= 0.6 is 7.82 Å². The molecule has 0 aliphatic rings. The van der Waals surface area contributed by atoms with E-state index in [-0.39, 0.29) is 25.7 Å². The Labute approximate surface area is 307 Å². The van der Waals surface area contributed by atoms with E-state index in [1.165, 1.54) is 116 Å². The van der Waals surface area contributed by atoms with Crippen molar-refractivity contribution in [3.8, 4) is 0 Å². The molecule has 0 aromatic heterocycles. The van der Waals surface area contributed by atoms with Crippen molar-refractivity contribution < 1.29 is 33.1 Å². The molecule has 2 unspecified atom stereocenters. The van der Waals surface area contributed by atoms with Crippen LogP contribution in [0, 0.1) is 0 Å². The van der Waals surface area contributed by atoms with Crippen molar-refractivity contribution in [3.05, 3.63) is 48.6 Å². The molecule has 0 bridgehead atoms. The quantitative estimate of drug-likeness (QED) is 0.0248. The molecule has 0 heterocycles. The minimum Gasteiger partial charge on any atom is -0.463 e. The molecule has 0 radical (unpaired) electrons. The van der Waals surface area contributed by atoms with Gasteiger partial charge in [0.15, 0.2) is 0 Å². The Morgan fingerprint density at radius 3 is 1.44 bits per heavy atom. The maximum atomic E-state index is 11.8. The molecule has 0 aromatic rings. The number of aliphatic hydroxyl groups is 1. The molecule has 292 valence electrons. The van der Waals surface area contributed by atoms with Crippen LogP contribution in [0.5, 0.6) is 0 Å². The van der Waals surface area contributed by atoms with E-state index < -0.39 is 20.5 Å². The molecule has 0 saturated carbocycles. The number of phosphoric acid groups is 1. The highest BCUT2D eigenvalue weighted by Crippen LogP contribution is 2.42. The summed E-state index contributed by atoms with van der Waals surface area (Å²) in [5.41, 5.74) is 5.20. The maximum absolute atomic E-state index is 11.8. The largest absolute Gasteiger partial charge is 0.472 e. The van der Waals surface area contributed by atoms with Gasteiger partial charge in [0.2, 0.25) is 0 Å². The Morgan fingerprint density at radius 1 is 0.600 bits per heavy atom. The van der Waals surface area contributed by atoms with E-state index in [9.17, 15) is 19.4 Å². The summed E-state index contributed by atoms with van der Waals surface area (Å²) in [6.07, 6.45) is 48.7. The van der Waals surface area contributed by atoms with Crippen LogP contribution in [0.3, 0.4) is 0 Å². The van der Waals surface area contributed by atoms with Gasteiger partial charge in [-0.15, -0.1) is 0 Å². The van der Waals surface area contributed by atoms with Gasteiger partial charge in [-0.3, -0.25) is 13.8 Å². The first-order valence-corrected chi connectivity index (χ1v) is 21.7. The highest BCUT2D eigenvalue weighted by atomic mass is 31.2. The van der Waals surface area contributed by atoms with E-state index in [0.717, 1.165) is 44.9 Å². The monoisotopic (exact) mass is 726 g/mol. The second-order valence-corrected chi connectivity index (χ2v) is 14.8. The van der Waals surface area contributed by atoms with Crippen LogP contribution in [0.1, 0.15) is 174 Å². The molecule has 2 atom stereocenters. The van der Waals surface area contributed by atoms with Gasteiger partial charge < -0.3 is 20.5 Å². The van der Waals surface area contributed by atoms with Gasteiger partial charge in [-0.05, 0) is 44.9 Å². The summed E-state index contributed by atoms with van der Waals surface area (Å²) < 4.78 is 25.7. The number of carbonyl (C=O) groups excluding carboxylic acids is 1. The van der Waals surface area contributed by atoms with Gasteiger partial charge in [0, 0.05) is 13.0 Å². The number of nitrogens with two attached hydrogens (primary N) is 1. The summed E-state index contributed by atoms with van der Waals surface area (Å²) in [6, 6.07) is 0. The molecule has 50 heavy (non-hydrogen) atoms. The fraction of sp³-hybridized carbons (Fsp3) is 0.780. The van der Waals surface area contributed by atoms with Gasteiger partial charge in [0.25, 0.3) is 0 Å². The van der Waals surface area contributed by atoms with Crippen molar-refractivity contribution in [1.29, 1.82) is 0 Å². The molecule has 0 aliphatic heterocycles. The van der Waals surface area contributed by atoms with Crippen LogP contribution in [-0.2, 0) is 23.1 Å². The number of ether oxygens (including phenoxy) is 1. The molecule has 0 saturated heterocycles. The van der Waals surface area contributed by atoms with Gasteiger partial charge in [-0.25, -0.2) is 4.57 Å². The summed E-state index contributed by atoms with van der Waals surface area (Å²) in [5.74, 6) is -0.383. The lowest BCUT2D eigenvalue weighted by atomic mass is 10.0. The molecule has 8 nitrogen and oxygen atoms in total. The zero-order valence-electron chi connectivity index (χ0n) is 31.9. The highest BCUT2D eigenvalue weighted by Gasteiger charge is 2.22. The van der Waals surface area contributed by atoms with E-state index in [1.54, 1.807) is 0 Å². The first-order chi connectivity index (χ1) is 24.4. The Kier molecular flexibility index (Phi) is 37.5. The van der Waals surface area contributed by atoms with Crippen LogP contribution in [0.15, 0.2) is 48.6 Å². The molecule has 0 aliphatic carbocycles. The van der Waals surface area contributed by atoms with E-state index >= 15 is 0 Å². The molecule has 0 spiro atoms. The summed E-state index contributed by atoms with van der Waals surface area (Å²) in [5, 5.41) is 9.76. The summed E-state index contributed by atoms with van der Waals surface area (Å²) in [6.45, 7) is 1.36. The minimum atomic E-state index is -4.25. The lowest BCUT2D eigenvalue weighted by Crippen LogP contribution is -2.23. The minimum absolute atomic E-state index is 0.0744. The van der Waals surface area contributed by atoms with Crippen molar-refractivity contribution in [2.24, 2.45) is 5.73 Å². The Hall–Kier alpha value is -1.54. The topological polar surface area (TPSA) is 128 Å². The van der Waals surface area contributed by atoms with Crippen molar-refractivity contribution in [2.45, 2.75) is 180 Å². The average Bonchev–Trinajstić information content (AvgIpc) is 3.11. The first kappa shape index (κ1) is 48.5. The summed E-state index contributed by atoms with van der Waals surface area (Å²) in [7, 11) is -4.25. The Bertz CT molecular complexity index is 905. The number of phosphoric ester groups is 1. The number of allylic oxidation sites excluding steroid dienone is 8. The molecule has 0 aromatic carbocycles. The fourth-order valence-corrected chi connectivity index (χ4v) is 6.28. The highest BCUT2D eigenvalue weighted by molar-refractivity contribution is 7.47. The third kappa shape index (κ3) is 39.2. The van der Waals surface area contributed by atoms with Gasteiger partial charge in [-0.2, -0.15) is 0 Å². The zero-order valence-corrected chi connectivity index (χ0v) is 32.8. The number of aliphatic hydroxyl groups excluding tert-OH is 1.